The zero-order valence-corrected chi connectivity index (χ0v) is 27.3. The Hall–Kier alpha value is -3.84. The normalized spacial score (nSPS) is 12.3. The van der Waals surface area contributed by atoms with Crippen LogP contribution in [0.15, 0.2) is 66.3 Å². The highest BCUT2D eigenvalue weighted by molar-refractivity contribution is 7.91. The van der Waals surface area contributed by atoms with Crippen molar-refractivity contribution in [2.45, 2.75) is 33.0 Å². The molecule has 0 aliphatic heterocycles. The molecule has 9 nitrogen and oxygen atoms in total. The van der Waals surface area contributed by atoms with E-state index in [4.69, 9.17) is 30.8 Å². The molecular formula is C32H32ClFN4O5S2. The van der Waals surface area contributed by atoms with E-state index in [9.17, 15) is 12.8 Å². The lowest BCUT2D eigenvalue weighted by atomic mass is 10.1. The van der Waals surface area contributed by atoms with Gasteiger partial charge in [0.25, 0.3) is 0 Å². The molecule has 0 spiro atoms. The van der Waals surface area contributed by atoms with Crippen molar-refractivity contribution >= 4 is 55.2 Å². The zero-order chi connectivity index (χ0) is 32.0. The Kier molecular flexibility index (Phi) is 10.5. The summed E-state index contributed by atoms with van der Waals surface area (Å²) in [4.78, 5) is 13.7. The minimum absolute atomic E-state index is 0.0254. The van der Waals surface area contributed by atoms with Gasteiger partial charge in [-0.1, -0.05) is 37.6 Å². The molecule has 0 aliphatic carbocycles. The number of ether oxygens (including phenoxy) is 3. The number of halogens is 2. The van der Waals surface area contributed by atoms with Crippen molar-refractivity contribution in [2.24, 2.45) is 0 Å². The van der Waals surface area contributed by atoms with Crippen LogP contribution in [0.5, 0.6) is 11.5 Å². The summed E-state index contributed by atoms with van der Waals surface area (Å²) in [5.74, 6) is 1.34. The summed E-state index contributed by atoms with van der Waals surface area (Å²) in [6.07, 6.45) is 1.78. The van der Waals surface area contributed by atoms with Crippen molar-refractivity contribution in [3.8, 4) is 22.8 Å². The molecule has 0 bridgehead atoms. The number of rotatable bonds is 14. The Labute approximate surface area is 270 Å². The molecule has 236 valence electrons. The Balaban J connectivity index is 1.37. The van der Waals surface area contributed by atoms with Gasteiger partial charge in [-0.2, -0.15) is 0 Å². The Morgan fingerprint density at radius 2 is 1.91 bits per heavy atom. The Morgan fingerprint density at radius 1 is 1.07 bits per heavy atom. The predicted octanol–water partition coefficient (Wildman–Crippen LogP) is 7.78. The van der Waals surface area contributed by atoms with Crippen LogP contribution in [-0.4, -0.2) is 48.6 Å². The van der Waals surface area contributed by atoms with Gasteiger partial charge in [0.05, 0.1) is 35.7 Å². The lowest BCUT2D eigenvalue weighted by molar-refractivity contribution is 0.0609. The summed E-state index contributed by atoms with van der Waals surface area (Å²) in [5.41, 5.74) is 3.47. The first-order valence-electron chi connectivity index (χ1n) is 14.2. The van der Waals surface area contributed by atoms with Crippen LogP contribution in [0, 0.1) is 5.82 Å². The number of methoxy groups -OCH3 is 1. The summed E-state index contributed by atoms with van der Waals surface area (Å²) in [6.45, 7) is 3.89. The summed E-state index contributed by atoms with van der Waals surface area (Å²) < 4.78 is 54.7. The number of anilines is 2. The molecule has 3 aromatic carbocycles. The molecule has 1 N–H and O–H groups in total. The fourth-order valence-electron chi connectivity index (χ4n) is 4.56. The van der Waals surface area contributed by atoms with Crippen LogP contribution >= 0.6 is 22.9 Å². The molecule has 5 aromatic rings. The van der Waals surface area contributed by atoms with E-state index in [0.717, 1.165) is 16.0 Å². The smallest absolute Gasteiger partial charge is 0.152 e. The van der Waals surface area contributed by atoms with Crippen LogP contribution in [0.1, 0.15) is 36.9 Å². The van der Waals surface area contributed by atoms with E-state index < -0.39 is 9.84 Å². The van der Waals surface area contributed by atoms with Crippen LogP contribution in [0.4, 0.5) is 15.9 Å². The van der Waals surface area contributed by atoms with Gasteiger partial charge in [0, 0.05) is 33.8 Å². The van der Waals surface area contributed by atoms with Gasteiger partial charge in [-0.05, 0) is 48.4 Å². The fraction of sp³-hybridized carbons (Fsp3) is 0.281. The Bertz CT molecular complexity index is 1900. The largest absolute Gasteiger partial charge is 0.496 e. The summed E-state index contributed by atoms with van der Waals surface area (Å²) in [5, 5.41) is 7.11. The molecule has 13 heteroatoms. The molecule has 45 heavy (non-hydrogen) atoms. The van der Waals surface area contributed by atoms with E-state index >= 15 is 0 Å². The van der Waals surface area contributed by atoms with Crippen molar-refractivity contribution < 1.29 is 27.0 Å². The number of nitrogens with zero attached hydrogens (tertiary/aromatic N) is 3. The molecule has 1 unspecified atom stereocenters. The fourth-order valence-corrected chi connectivity index (χ4v) is 6.38. The van der Waals surface area contributed by atoms with E-state index in [-0.39, 0.29) is 36.6 Å². The van der Waals surface area contributed by atoms with Crippen molar-refractivity contribution in [1.82, 2.24) is 15.0 Å². The van der Waals surface area contributed by atoms with Gasteiger partial charge in [0.1, 0.15) is 47.2 Å². The number of hydrogen-bond acceptors (Lipinski definition) is 10. The number of nitrogens with one attached hydrogen (secondary N) is 1. The number of sulfone groups is 1. The first-order chi connectivity index (χ1) is 21.7. The molecule has 0 fully saturated rings. The number of fused-ring (bicyclic) bond motifs is 1. The third-order valence-electron chi connectivity index (χ3n) is 7.03. The highest BCUT2D eigenvalue weighted by atomic mass is 35.5. The maximum absolute atomic E-state index is 13.5. The number of aromatic nitrogens is 3. The van der Waals surface area contributed by atoms with Crippen molar-refractivity contribution in [3.05, 3.63) is 87.7 Å². The van der Waals surface area contributed by atoms with Crippen LogP contribution in [0.25, 0.3) is 22.2 Å². The molecule has 2 heterocycles. The van der Waals surface area contributed by atoms with Gasteiger partial charge < -0.3 is 19.5 Å². The third kappa shape index (κ3) is 8.06. The van der Waals surface area contributed by atoms with Crippen LogP contribution in [0.3, 0.4) is 0 Å². The van der Waals surface area contributed by atoms with E-state index in [0.29, 0.717) is 51.2 Å². The van der Waals surface area contributed by atoms with E-state index in [2.05, 4.69) is 15.3 Å². The van der Waals surface area contributed by atoms with Gasteiger partial charge >= 0.3 is 0 Å². The molecule has 0 radical (unpaired) electrons. The van der Waals surface area contributed by atoms with Crippen LogP contribution < -0.4 is 14.8 Å². The van der Waals surface area contributed by atoms with Gasteiger partial charge in [0.2, 0.25) is 0 Å². The average molecular weight is 671 g/mol. The zero-order valence-electron chi connectivity index (χ0n) is 24.9. The quantitative estimate of drug-likeness (QED) is 0.127. The SMILES string of the molecule is CCC(OCCS(=O)(=O)CC)c1nc(-c2cc3c(Nc4ccc(OCc5cccc(F)c5)c(Cl)c4)ncnc3cc2OC)cs1. The predicted molar refractivity (Wildman–Crippen MR) is 176 cm³/mol. The number of benzene rings is 3. The molecule has 0 saturated carbocycles. The maximum atomic E-state index is 13.5. The molecule has 1 atom stereocenters. The minimum Gasteiger partial charge on any atom is -0.496 e. The van der Waals surface area contributed by atoms with E-state index in [1.807, 2.05) is 30.5 Å². The van der Waals surface area contributed by atoms with Gasteiger partial charge in [-0.25, -0.2) is 27.8 Å². The highest BCUT2D eigenvalue weighted by Gasteiger charge is 2.20. The van der Waals surface area contributed by atoms with Crippen molar-refractivity contribution in [1.29, 1.82) is 0 Å². The van der Waals surface area contributed by atoms with Gasteiger partial charge in [0.15, 0.2) is 9.84 Å². The lowest BCUT2D eigenvalue weighted by Gasteiger charge is -2.14. The molecule has 5 rings (SSSR count). The van der Waals surface area contributed by atoms with Crippen molar-refractivity contribution in [2.75, 3.05) is 30.5 Å². The molecule has 0 aliphatic rings. The second-order valence-corrected chi connectivity index (χ2v) is 13.8. The van der Waals surface area contributed by atoms with Gasteiger partial charge in [-0.3, -0.25) is 0 Å². The second kappa shape index (κ2) is 14.5. The number of thiazole rings is 1. The van der Waals surface area contributed by atoms with Crippen LogP contribution in [-0.2, 0) is 21.2 Å². The lowest BCUT2D eigenvalue weighted by Crippen LogP contribution is -2.16. The molecule has 0 saturated heterocycles. The molecular weight excluding hydrogens is 639 g/mol. The molecule has 0 amide bonds. The summed E-state index contributed by atoms with van der Waals surface area (Å²) >= 11 is 7.97. The highest BCUT2D eigenvalue weighted by Crippen LogP contribution is 2.38. The summed E-state index contributed by atoms with van der Waals surface area (Å²) in [7, 11) is -1.53. The minimum atomic E-state index is -3.12. The first kappa shape index (κ1) is 32.6. The third-order valence-corrected chi connectivity index (χ3v) is 9.93. The second-order valence-electron chi connectivity index (χ2n) is 10.1. The number of hydrogen-bond donors (Lipinski definition) is 1. The molecule has 2 aromatic heterocycles. The summed E-state index contributed by atoms with van der Waals surface area (Å²) in [6, 6.07) is 15.2. The Morgan fingerprint density at radius 3 is 2.64 bits per heavy atom. The maximum Gasteiger partial charge on any atom is 0.152 e. The van der Waals surface area contributed by atoms with Gasteiger partial charge in [-0.15, -0.1) is 11.3 Å². The van der Waals surface area contributed by atoms with E-state index in [1.54, 1.807) is 38.3 Å². The first-order valence-corrected chi connectivity index (χ1v) is 17.3. The van der Waals surface area contributed by atoms with E-state index in [1.165, 1.54) is 29.8 Å². The van der Waals surface area contributed by atoms with Crippen LogP contribution in [0.2, 0.25) is 5.02 Å². The average Bonchev–Trinajstić information content (AvgIpc) is 3.52. The topological polar surface area (TPSA) is 113 Å². The standard InChI is InChI=1S/C32H32ClFN4O5S2/c1-4-28(42-11-12-45(39,40)5-2)32-38-27(18-44-32)23-15-24-26(16-30(23)41-3)35-19-36-31(24)37-22-9-10-29(25(33)14-22)43-17-20-7-6-8-21(34)13-20/h6-10,13-16,18-19,28H,4-5,11-12,17H2,1-3H3,(H,35,36,37). The monoisotopic (exact) mass is 670 g/mol. The van der Waals surface area contributed by atoms with Crippen molar-refractivity contribution in [3.63, 3.8) is 0 Å².